The molecule has 1 unspecified atom stereocenters. The van der Waals surface area contributed by atoms with E-state index in [0.29, 0.717) is 23.4 Å². The van der Waals surface area contributed by atoms with E-state index in [2.05, 4.69) is 5.32 Å². The Bertz CT molecular complexity index is 1150. The summed E-state index contributed by atoms with van der Waals surface area (Å²) in [6.07, 6.45) is 2.36. The van der Waals surface area contributed by atoms with Gasteiger partial charge in [0.05, 0.1) is 18.5 Å². The van der Waals surface area contributed by atoms with E-state index in [0.717, 1.165) is 22.6 Å². The largest absolute Gasteiger partial charge is 0.343 e. The summed E-state index contributed by atoms with van der Waals surface area (Å²) in [5, 5.41) is 2.68. The Balaban J connectivity index is 1.52. The van der Waals surface area contributed by atoms with Gasteiger partial charge in [-0.05, 0) is 41.7 Å². The van der Waals surface area contributed by atoms with E-state index >= 15 is 0 Å². The minimum atomic E-state index is -1.61. The second-order valence-corrected chi connectivity index (χ2v) is 9.54. The van der Waals surface area contributed by atoms with Gasteiger partial charge >= 0.3 is 5.97 Å². The number of alkyl halides is 1. The number of amides is 2. The zero-order valence-corrected chi connectivity index (χ0v) is 21.0. The number of nitrogens with one attached hydrogen (secondary N) is 1. The molecular weight excluding hydrogens is 499 g/mol. The van der Waals surface area contributed by atoms with Crippen LogP contribution in [0.15, 0.2) is 84.9 Å². The number of hydroxylamine groups is 2. The highest BCUT2D eigenvalue weighted by Gasteiger charge is 2.35. The van der Waals surface area contributed by atoms with Crippen molar-refractivity contribution in [2.75, 3.05) is 0 Å². The van der Waals surface area contributed by atoms with Crippen molar-refractivity contribution < 1.29 is 19.2 Å². The lowest BCUT2D eigenvalue weighted by atomic mass is 9.86. The predicted molar refractivity (Wildman–Crippen MR) is 138 cm³/mol. The molecule has 3 aromatic rings. The van der Waals surface area contributed by atoms with Crippen LogP contribution in [0.2, 0.25) is 5.02 Å². The summed E-state index contributed by atoms with van der Waals surface area (Å²) in [5.41, 5.74) is 2.34. The highest BCUT2D eigenvalue weighted by molar-refractivity contribution is 6.41. The van der Waals surface area contributed by atoms with Gasteiger partial charge in [0.15, 0.2) is 5.38 Å². The van der Waals surface area contributed by atoms with Gasteiger partial charge in [0.1, 0.15) is 0 Å². The summed E-state index contributed by atoms with van der Waals surface area (Å²) in [5.74, 6) is -2.27. The number of carbonyl (C=O) groups excluding carboxylic acids is 3. The maximum atomic E-state index is 13.3. The highest BCUT2D eigenvalue weighted by atomic mass is 35.5. The maximum Gasteiger partial charge on any atom is 0.335 e. The van der Waals surface area contributed by atoms with E-state index in [1.54, 1.807) is 24.3 Å². The molecule has 3 aromatic carbocycles. The number of halogens is 2. The maximum absolute atomic E-state index is 13.3. The van der Waals surface area contributed by atoms with Gasteiger partial charge in [-0.15, -0.1) is 11.6 Å². The van der Waals surface area contributed by atoms with Crippen LogP contribution in [0.4, 0.5) is 0 Å². The quantitative estimate of drug-likeness (QED) is 0.242. The Kier molecular flexibility index (Phi) is 8.62. The van der Waals surface area contributed by atoms with Gasteiger partial charge in [-0.25, -0.2) is 4.79 Å². The number of carbonyl (C=O) groups is 3. The fraction of sp³-hybridized carbons (Fsp3) is 0.250. The number of hydrogen-bond donors (Lipinski definition) is 1. The van der Waals surface area contributed by atoms with Gasteiger partial charge < -0.3 is 10.2 Å². The van der Waals surface area contributed by atoms with E-state index in [-0.39, 0.29) is 12.5 Å². The molecule has 1 N–H and O–H groups in total. The molecule has 0 heterocycles. The van der Waals surface area contributed by atoms with Crippen LogP contribution in [0.5, 0.6) is 0 Å². The average molecular weight is 525 g/mol. The van der Waals surface area contributed by atoms with Gasteiger partial charge in [-0.3, -0.25) is 9.59 Å². The number of rotatable bonds is 8. The zero-order chi connectivity index (χ0) is 25.5. The predicted octanol–water partition coefficient (Wildman–Crippen LogP) is 5.44. The van der Waals surface area contributed by atoms with Crippen molar-refractivity contribution in [3.8, 4) is 0 Å². The standard InChI is InChI=1S/C28H26Cl2N2O4/c29-23-16-14-19(15-17-23)18-32(36-28(35)22-12-7-13-22)27(34)24(30)26(33)31-25(20-8-3-1-4-9-20)21-10-5-2-6-11-21/h1-6,8-11,14-17,22,24-25H,7,12-13,18H2,(H,31,33). The molecule has 2 amide bonds. The molecule has 8 heteroatoms. The van der Waals surface area contributed by atoms with Crippen LogP contribution in [0.25, 0.3) is 0 Å². The first-order chi connectivity index (χ1) is 17.4. The molecule has 0 spiro atoms. The lowest BCUT2D eigenvalue weighted by molar-refractivity contribution is -0.206. The normalized spacial score (nSPS) is 14.0. The average Bonchev–Trinajstić information content (AvgIpc) is 2.87. The Labute approximate surface area is 220 Å². The molecule has 0 saturated heterocycles. The molecule has 186 valence electrons. The zero-order valence-electron chi connectivity index (χ0n) is 19.5. The van der Waals surface area contributed by atoms with Crippen LogP contribution in [0, 0.1) is 5.92 Å². The Morgan fingerprint density at radius 1 is 0.889 bits per heavy atom. The third-order valence-corrected chi connectivity index (χ3v) is 6.76. The molecule has 1 fully saturated rings. The molecule has 4 rings (SSSR count). The van der Waals surface area contributed by atoms with Crippen LogP contribution in [-0.2, 0) is 25.8 Å². The smallest absolute Gasteiger partial charge is 0.335 e. The molecule has 1 aliphatic carbocycles. The van der Waals surface area contributed by atoms with Gasteiger partial charge in [0, 0.05) is 5.02 Å². The van der Waals surface area contributed by atoms with Crippen LogP contribution in [-0.4, -0.2) is 28.2 Å². The van der Waals surface area contributed by atoms with Crippen molar-refractivity contribution in [1.82, 2.24) is 10.4 Å². The van der Waals surface area contributed by atoms with Crippen molar-refractivity contribution in [2.24, 2.45) is 5.92 Å². The van der Waals surface area contributed by atoms with Crippen molar-refractivity contribution in [3.05, 3.63) is 107 Å². The molecule has 1 saturated carbocycles. The van der Waals surface area contributed by atoms with Gasteiger partial charge in [-0.1, -0.05) is 90.8 Å². The highest BCUT2D eigenvalue weighted by Crippen LogP contribution is 2.28. The molecule has 1 atom stereocenters. The topological polar surface area (TPSA) is 75.7 Å². The minimum absolute atomic E-state index is 0.0637. The van der Waals surface area contributed by atoms with Crippen molar-refractivity contribution >= 4 is 41.0 Å². The Morgan fingerprint density at radius 3 is 1.94 bits per heavy atom. The van der Waals surface area contributed by atoms with Crippen LogP contribution in [0.1, 0.15) is 42.0 Å². The fourth-order valence-corrected chi connectivity index (χ4v) is 4.14. The van der Waals surface area contributed by atoms with E-state index in [9.17, 15) is 14.4 Å². The molecule has 1 aliphatic rings. The van der Waals surface area contributed by atoms with E-state index in [1.807, 2.05) is 60.7 Å². The third kappa shape index (κ3) is 6.45. The summed E-state index contributed by atoms with van der Waals surface area (Å²) in [6, 6.07) is 25.0. The SMILES string of the molecule is O=C(ON(Cc1ccc(Cl)cc1)C(=O)C(Cl)C(=O)NC(c1ccccc1)c1ccccc1)C1CCC1. The van der Waals surface area contributed by atoms with Crippen LogP contribution in [0.3, 0.4) is 0 Å². The van der Waals surface area contributed by atoms with E-state index in [1.165, 1.54) is 0 Å². The Hall–Kier alpha value is -3.35. The van der Waals surface area contributed by atoms with Crippen molar-refractivity contribution in [2.45, 2.75) is 37.2 Å². The summed E-state index contributed by atoms with van der Waals surface area (Å²) >= 11 is 12.3. The first kappa shape index (κ1) is 25.7. The second-order valence-electron chi connectivity index (χ2n) is 8.66. The summed E-state index contributed by atoms with van der Waals surface area (Å²) in [6.45, 7) is -0.0637. The molecule has 0 aromatic heterocycles. The first-order valence-electron chi connectivity index (χ1n) is 11.7. The minimum Gasteiger partial charge on any atom is -0.343 e. The molecule has 36 heavy (non-hydrogen) atoms. The van der Waals surface area contributed by atoms with E-state index < -0.39 is 29.2 Å². The lowest BCUT2D eigenvalue weighted by Crippen LogP contribution is -2.47. The lowest BCUT2D eigenvalue weighted by Gasteiger charge is -2.29. The molecule has 0 aliphatic heterocycles. The van der Waals surface area contributed by atoms with Crippen molar-refractivity contribution in [3.63, 3.8) is 0 Å². The molecule has 0 radical (unpaired) electrons. The van der Waals surface area contributed by atoms with Gasteiger partial charge in [0.25, 0.3) is 5.91 Å². The number of benzene rings is 3. The number of hydrogen-bond acceptors (Lipinski definition) is 4. The third-order valence-electron chi connectivity index (χ3n) is 6.12. The molecule has 6 nitrogen and oxygen atoms in total. The van der Waals surface area contributed by atoms with Crippen molar-refractivity contribution in [1.29, 1.82) is 0 Å². The fourth-order valence-electron chi connectivity index (χ4n) is 3.84. The summed E-state index contributed by atoms with van der Waals surface area (Å²) in [7, 11) is 0. The monoisotopic (exact) mass is 524 g/mol. The van der Waals surface area contributed by atoms with Crippen LogP contribution < -0.4 is 5.32 Å². The molecular formula is C28H26Cl2N2O4. The Morgan fingerprint density at radius 2 is 1.44 bits per heavy atom. The molecule has 0 bridgehead atoms. The first-order valence-corrected chi connectivity index (χ1v) is 12.6. The number of nitrogens with zero attached hydrogens (tertiary/aromatic N) is 1. The van der Waals surface area contributed by atoms with Crippen LogP contribution >= 0.6 is 23.2 Å². The summed E-state index contributed by atoms with van der Waals surface area (Å²) in [4.78, 5) is 44.5. The van der Waals surface area contributed by atoms with Gasteiger partial charge in [0.2, 0.25) is 5.91 Å². The van der Waals surface area contributed by atoms with Gasteiger partial charge in [-0.2, -0.15) is 5.06 Å². The second kappa shape index (κ2) is 12.1. The van der Waals surface area contributed by atoms with E-state index in [4.69, 9.17) is 28.0 Å². The summed E-state index contributed by atoms with van der Waals surface area (Å²) < 4.78 is 0.